The summed E-state index contributed by atoms with van der Waals surface area (Å²) < 4.78 is 52.5. The number of nitrogens with two attached hydrogens (primary N) is 1. The van der Waals surface area contributed by atoms with Crippen LogP contribution in [0.15, 0.2) is 41.3 Å². The molecule has 0 unspecified atom stereocenters. The number of anilines is 2. The van der Waals surface area contributed by atoms with Crippen molar-refractivity contribution in [3.8, 4) is 0 Å². The van der Waals surface area contributed by atoms with Crippen molar-refractivity contribution in [1.29, 1.82) is 0 Å². The largest absolute Gasteiger partial charge is 0.399 e. The maximum Gasteiger partial charge on any atom is 0.262 e. The van der Waals surface area contributed by atoms with Gasteiger partial charge in [0, 0.05) is 10.7 Å². The number of halogens is 3. The Balaban J connectivity index is 2.40. The van der Waals surface area contributed by atoms with E-state index in [9.17, 15) is 17.2 Å². The zero-order valence-corrected chi connectivity index (χ0v) is 11.5. The van der Waals surface area contributed by atoms with Crippen molar-refractivity contribution < 1.29 is 17.2 Å². The number of nitrogen functional groups attached to an aromatic ring is 1. The first kappa shape index (κ1) is 14.5. The smallest absolute Gasteiger partial charge is 0.262 e. The van der Waals surface area contributed by atoms with Crippen molar-refractivity contribution in [2.45, 2.75) is 4.90 Å². The van der Waals surface area contributed by atoms with Crippen LogP contribution in [0.1, 0.15) is 0 Å². The Morgan fingerprint density at radius 3 is 2.25 bits per heavy atom. The van der Waals surface area contributed by atoms with Gasteiger partial charge < -0.3 is 5.73 Å². The van der Waals surface area contributed by atoms with Gasteiger partial charge in [-0.25, -0.2) is 17.2 Å². The van der Waals surface area contributed by atoms with Crippen LogP contribution < -0.4 is 10.5 Å². The van der Waals surface area contributed by atoms with Crippen LogP contribution in [0.5, 0.6) is 0 Å². The lowest BCUT2D eigenvalue weighted by atomic mass is 10.3. The van der Waals surface area contributed by atoms with E-state index in [1.54, 1.807) is 0 Å². The number of hydrogen-bond donors (Lipinski definition) is 2. The minimum atomic E-state index is -4.09. The fourth-order valence-corrected chi connectivity index (χ4v) is 2.89. The van der Waals surface area contributed by atoms with Crippen molar-refractivity contribution in [3.63, 3.8) is 0 Å². The molecule has 0 spiro atoms. The molecule has 0 saturated carbocycles. The quantitative estimate of drug-likeness (QED) is 0.854. The summed E-state index contributed by atoms with van der Waals surface area (Å²) in [5.41, 5.74) is 5.27. The molecule has 0 aliphatic heterocycles. The first-order valence-corrected chi connectivity index (χ1v) is 7.17. The Morgan fingerprint density at radius 2 is 1.65 bits per heavy atom. The van der Waals surface area contributed by atoms with E-state index in [1.165, 1.54) is 6.07 Å². The summed E-state index contributed by atoms with van der Waals surface area (Å²) in [5, 5.41) is 0.0291. The maximum absolute atomic E-state index is 13.2. The third-order valence-corrected chi connectivity index (χ3v) is 3.90. The first-order chi connectivity index (χ1) is 9.26. The van der Waals surface area contributed by atoms with Gasteiger partial charge in [0.25, 0.3) is 10.0 Å². The Morgan fingerprint density at radius 1 is 1.00 bits per heavy atom. The topological polar surface area (TPSA) is 72.2 Å². The van der Waals surface area contributed by atoms with Gasteiger partial charge >= 0.3 is 0 Å². The number of sulfonamides is 1. The van der Waals surface area contributed by atoms with E-state index in [0.717, 1.165) is 30.3 Å². The highest BCUT2D eigenvalue weighted by atomic mass is 35.5. The zero-order chi connectivity index (χ0) is 14.9. The van der Waals surface area contributed by atoms with Crippen LogP contribution in [0.25, 0.3) is 0 Å². The van der Waals surface area contributed by atoms with Crippen LogP contribution in [0.3, 0.4) is 0 Å². The summed E-state index contributed by atoms with van der Waals surface area (Å²) in [5.74, 6) is -1.49. The standard InChI is InChI=1S/C12H9ClF2N2O2S/c13-7-1-8(14)4-11(2-7)17-20(18,19)12-5-9(15)3-10(16)6-12/h1-6,17H,16H2. The maximum atomic E-state index is 13.2. The highest BCUT2D eigenvalue weighted by molar-refractivity contribution is 7.92. The number of hydrogen-bond acceptors (Lipinski definition) is 3. The lowest BCUT2D eigenvalue weighted by Gasteiger charge is -2.09. The van der Waals surface area contributed by atoms with Gasteiger partial charge in [0.15, 0.2) is 0 Å². The van der Waals surface area contributed by atoms with Crippen molar-refractivity contribution >= 4 is 33.0 Å². The second-order valence-electron chi connectivity index (χ2n) is 3.98. The molecular formula is C12H9ClF2N2O2S. The molecule has 0 heterocycles. The van der Waals surface area contributed by atoms with Crippen LogP contribution >= 0.6 is 11.6 Å². The van der Waals surface area contributed by atoms with Crippen LogP contribution in [0.2, 0.25) is 5.02 Å². The lowest BCUT2D eigenvalue weighted by molar-refractivity contribution is 0.595. The molecule has 2 aromatic rings. The predicted molar refractivity (Wildman–Crippen MR) is 73.0 cm³/mol. The lowest BCUT2D eigenvalue weighted by Crippen LogP contribution is -2.13. The first-order valence-electron chi connectivity index (χ1n) is 5.31. The highest BCUT2D eigenvalue weighted by Gasteiger charge is 2.16. The Labute approximate surface area is 119 Å². The van der Waals surface area contributed by atoms with Gasteiger partial charge in [-0.1, -0.05) is 11.6 Å². The second kappa shape index (κ2) is 5.26. The van der Waals surface area contributed by atoms with Gasteiger partial charge in [0.1, 0.15) is 11.6 Å². The molecule has 0 saturated heterocycles. The van der Waals surface area contributed by atoms with Crippen LogP contribution in [-0.2, 0) is 10.0 Å². The molecule has 0 fully saturated rings. The van der Waals surface area contributed by atoms with E-state index in [0.29, 0.717) is 0 Å². The van der Waals surface area contributed by atoms with Crippen LogP contribution in [0.4, 0.5) is 20.2 Å². The van der Waals surface area contributed by atoms with Crippen LogP contribution in [-0.4, -0.2) is 8.42 Å². The summed E-state index contributed by atoms with van der Waals surface area (Å²) in [6.07, 6.45) is 0. The van der Waals surface area contributed by atoms with Crippen molar-refractivity contribution in [2.24, 2.45) is 0 Å². The average Bonchev–Trinajstić information content (AvgIpc) is 2.25. The van der Waals surface area contributed by atoms with Crippen molar-refractivity contribution in [1.82, 2.24) is 0 Å². The van der Waals surface area contributed by atoms with Gasteiger partial charge in [0.05, 0.1) is 10.6 Å². The van der Waals surface area contributed by atoms with Gasteiger partial charge in [0.2, 0.25) is 0 Å². The summed E-state index contributed by atoms with van der Waals surface area (Å²) in [6, 6.07) is 6.08. The molecule has 0 aliphatic rings. The molecule has 106 valence electrons. The third-order valence-electron chi connectivity index (χ3n) is 2.32. The minimum absolute atomic E-state index is 0.0291. The zero-order valence-electron chi connectivity index (χ0n) is 9.90. The molecule has 0 amide bonds. The number of nitrogens with one attached hydrogen (secondary N) is 1. The van der Waals surface area contributed by atoms with E-state index in [2.05, 4.69) is 4.72 Å². The van der Waals surface area contributed by atoms with Gasteiger partial charge in [-0.15, -0.1) is 0 Å². The highest BCUT2D eigenvalue weighted by Crippen LogP contribution is 2.23. The van der Waals surface area contributed by atoms with Crippen molar-refractivity contribution in [3.05, 3.63) is 53.1 Å². The predicted octanol–water partition coefficient (Wildman–Crippen LogP) is 3.00. The van der Waals surface area contributed by atoms with E-state index >= 15 is 0 Å². The fraction of sp³-hybridized carbons (Fsp3) is 0. The fourth-order valence-electron chi connectivity index (χ4n) is 1.57. The molecule has 0 atom stereocenters. The van der Waals surface area contributed by atoms with Gasteiger partial charge in [-0.05, 0) is 36.4 Å². The molecule has 0 radical (unpaired) electrons. The summed E-state index contributed by atoms with van der Waals surface area (Å²) >= 11 is 5.62. The monoisotopic (exact) mass is 318 g/mol. The number of rotatable bonds is 3. The van der Waals surface area contributed by atoms with Crippen molar-refractivity contribution in [2.75, 3.05) is 10.5 Å². The summed E-state index contributed by atoms with van der Waals surface area (Å²) in [6.45, 7) is 0. The van der Waals surface area contributed by atoms with Crippen LogP contribution in [0, 0.1) is 11.6 Å². The Kier molecular flexibility index (Phi) is 3.82. The Bertz CT molecular complexity index is 726. The molecule has 0 aromatic heterocycles. The number of benzene rings is 2. The molecule has 2 aromatic carbocycles. The average molecular weight is 319 g/mol. The Hall–Kier alpha value is -1.86. The normalized spacial score (nSPS) is 11.3. The van der Waals surface area contributed by atoms with E-state index in [4.69, 9.17) is 17.3 Å². The molecule has 0 bridgehead atoms. The molecule has 8 heteroatoms. The molecular weight excluding hydrogens is 310 g/mol. The summed E-state index contributed by atoms with van der Waals surface area (Å²) in [4.78, 5) is -0.365. The minimum Gasteiger partial charge on any atom is -0.399 e. The SMILES string of the molecule is Nc1cc(F)cc(S(=O)(=O)Nc2cc(F)cc(Cl)c2)c1. The van der Waals surface area contributed by atoms with Gasteiger partial charge in [-0.2, -0.15) is 0 Å². The van der Waals surface area contributed by atoms with E-state index in [1.807, 2.05) is 0 Å². The molecule has 4 nitrogen and oxygen atoms in total. The molecule has 2 rings (SSSR count). The van der Waals surface area contributed by atoms with E-state index in [-0.39, 0.29) is 21.3 Å². The third kappa shape index (κ3) is 3.37. The van der Waals surface area contributed by atoms with E-state index < -0.39 is 21.7 Å². The summed E-state index contributed by atoms with van der Waals surface area (Å²) in [7, 11) is -4.09. The molecule has 20 heavy (non-hydrogen) atoms. The van der Waals surface area contributed by atoms with Gasteiger partial charge in [-0.3, -0.25) is 4.72 Å². The second-order valence-corrected chi connectivity index (χ2v) is 6.10. The molecule has 3 N–H and O–H groups in total. The molecule has 0 aliphatic carbocycles.